The maximum atomic E-state index is 13.8. The molecule has 1 aliphatic heterocycles. The monoisotopic (exact) mass is 370 g/mol. The fourth-order valence-corrected chi connectivity index (χ4v) is 2.90. The van der Waals surface area contributed by atoms with Crippen LogP contribution in [-0.4, -0.2) is 30.9 Å². The maximum absolute atomic E-state index is 13.8. The van der Waals surface area contributed by atoms with E-state index in [1.807, 2.05) is 0 Å². The molecule has 3 rings (SSSR count). The average molecular weight is 370 g/mol. The molecule has 1 aliphatic rings. The quantitative estimate of drug-likeness (QED) is 0.821. The summed E-state index contributed by atoms with van der Waals surface area (Å²) < 4.78 is 18.8. The first-order valence-electron chi connectivity index (χ1n) is 8.58. The summed E-state index contributed by atoms with van der Waals surface area (Å²) in [6, 6.07) is 11.0. The third-order valence-corrected chi connectivity index (χ3v) is 4.22. The van der Waals surface area contributed by atoms with Crippen molar-refractivity contribution in [3.8, 4) is 0 Å². The second-order valence-corrected chi connectivity index (χ2v) is 6.27. The number of para-hydroxylation sites is 1. The number of aryl methyl sites for hydroxylation is 1. The molecule has 2 aromatic carbocycles. The Morgan fingerprint density at radius 3 is 2.70 bits per heavy atom. The van der Waals surface area contributed by atoms with Crippen LogP contribution >= 0.6 is 0 Å². The number of nitrogens with one attached hydrogen (secondary N) is 1. The van der Waals surface area contributed by atoms with Crippen molar-refractivity contribution in [2.24, 2.45) is 0 Å². The molecule has 2 aromatic rings. The van der Waals surface area contributed by atoms with Crippen LogP contribution in [0.4, 0.5) is 15.8 Å². The maximum Gasteiger partial charge on any atom is 0.340 e. The van der Waals surface area contributed by atoms with Gasteiger partial charge in [-0.05, 0) is 43.2 Å². The van der Waals surface area contributed by atoms with Crippen LogP contribution in [0.2, 0.25) is 0 Å². The van der Waals surface area contributed by atoms with Gasteiger partial charge in [0.25, 0.3) is 5.91 Å². The van der Waals surface area contributed by atoms with Gasteiger partial charge in [-0.2, -0.15) is 0 Å². The fourth-order valence-electron chi connectivity index (χ4n) is 2.90. The Morgan fingerprint density at radius 2 is 2.00 bits per heavy atom. The first-order valence-corrected chi connectivity index (χ1v) is 8.58. The lowest BCUT2D eigenvalue weighted by molar-refractivity contribution is -0.119. The van der Waals surface area contributed by atoms with E-state index >= 15 is 0 Å². The van der Waals surface area contributed by atoms with E-state index in [0.29, 0.717) is 18.7 Å². The summed E-state index contributed by atoms with van der Waals surface area (Å²) in [5.41, 5.74) is 1.42. The third kappa shape index (κ3) is 4.31. The van der Waals surface area contributed by atoms with Gasteiger partial charge in [-0.1, -0.05) is 18.2 Å². The molecule has 27 heavy (non-hydrogen) atoms. The van der Waals surface area contributed by atoms with Gasteiger partial charge >= 0.3 is 5.97 Å². The molecule has 0 radical (unpaired) electrons. The van der Waals surface area contributed by atoms with Crippen molar-refractivity contribution in [1.82, 2.24) is 0 Å². The minimum absolute atomic E-state index is 0.0183. The Morgan fingerprint density at radius 1 is 1.22 bits per heavy atom. The minimum Gasteiger partial charge on any atom is -0.452 e. The zero-order chi connectivity index (χ0) is 19.4. The number of rotatable bonds is 5. The second kappa shape index (κ2) is 7.99. The van der Waals surface area contributed by atoms with Crippen LogP contribution < -0.4 is 10.2 Å². The molecule has 1 N–H and O–H groups in total. The molecule has 6 nitrogen and oxygen atoms in total. The number of benzene rings is 2. The summed E-state index contributed by atoms with van der Waals surface area (Å²) in [6.07, 6.45) is 1.17. The van der Waals surface area contributed by atoms with E-state index in [1.165, 1.54) is 12.1 Å². The molecule has 0 aliphatic carbocycles. The Hall–Kier alpha value is -3.22. The molecule has 0 spiro atoms. The Bertz CT molecular complexity index is 897. The molecule has 140 valence electrons. The number of ether oxygens (including phenoxy) is 1. The normalized spacial score (nSPS) is 13.6. The first-order chi connectivity index (χ1) is 13.0. The number of carbonyl (C=O) groups excluding carboxylic acids is 3. The summed E-state index contributed by atoms with van der Waals surface area (Å²) >= 11 is 0. The summed E-state index contributed by atoms with van der Waals surface area (Å²) in [7, 11) is 0. The number of amides is 2. The van der Waals surface area contributed by atoms with Crippen molar-refractivity contribution in [3.63, 3.8) is 0 Å². The van der Waals surface area contributed by atoms with E-state index in [-0.39, 0.29) is 17.2 Å². The summed E-state index contributed by atoms with van der Waals surface area (Å²) in [5.74, 6) is -1.99. The lowest BCUT2D eigenvalue weighted by Gasteiger charge is -2.18. The number of halogens is 1. The molecule has 0 aromatic heterocycles. The number of carbonyl (C=O) groups is 3. The van der Waals surface area contributed by atoms with E-state index in [4.69, 9.17) is 4.74 Å². The number of esters is 1. The fraction of sp³-hybridized carbons (Fsp3) is 0.250. The molecule has 0 bridgehead atoms. The van der Waals surface area contributed by atoms with Gasteiger partial charge in [0.05, 0.1) is 16.9 Å². The predicted molar refractivity (Wildman–Crippen MR) is 98.1 cm³/mol. The van der Waals surface area contributed by atoms with Gasteiger partial charge in [-0.3, -0.25) is 9.59 Å². The highest BCUT2D eigenvalue weighted by molar-refractivity contribution is 6.04. The number of hydrogen-bond donors (Lipinski definition) is 1. The van der Waals surface area contributed by atoms with Gasteiger partial charge in [-0.25, -0.2) is 9.18 Å². The molecule has 0 unspecified atom stereocenters. The van der Waals surface area contributed by atoms with E-state index in [9.17, 15) is 18.8 Å². The standard InChI is InChI=1S/C20H19FN2O4/c1-13-8-9-16(15(21)11-13)22-18(24)12-27-20(26)14-5-2-3-6-17(14)23-10-4-7-19(23)25/h2-3,5-6,8-9,11H,4,7,10,12H2,1H3,(H,22,24). The zero-order valence-corrected chi connectivity index (χ0v) is 14.8. The summed E-state index contributed by atoms with van der Waals surface area (Å²) in [5, 5.41) is 2.37. The smallest absolute Gasteiger partial charge is 0.340 e. The average Bonchev–Trinajstić information content (AvgIpc) is 3.08. The zero-order valence-electron chi connectivity index (χ0n) is 14.8. The van der Waals surface area contributed by atoms with Crippen LogP contribution in [0.15, 0.2) is 42.5 Å². The minimum atomic E-state index is -0.718. The number of anilines is 2. The van der Waals surface area contributed by atoms with Crippen molar-refractivity contribution >= 4 is 29.2 Å². The van der Waals surface area contributed by atoms with Gasteiger partial charge in [0, 0.05) is 13.0 Å². The Labute approximate surface area is 155 Å². The van der Waals surface area contributed by atoms with Crippen LogP contribution in [0, 0.1) is 12.7 Å². The molecule has 1 fully saturated rings. The van der Waals surface area contributed by atoms with Crippen LogP contribution in [0.1, 0.15) is 28.8 Å². The van der Waals surface area contributed by atoms with Gasteiger partial charge in [-0.15, -0.1) is 0 Å². The molecular weight excluding hydrogens is 351 g/mol. The van der Waals surface area contributed by atoms with Crippen molar-refractivity contribution < 1.29 is 23.5 Å². The molecule has 0 saturated carbocycles. The van der Waals surface area contributed by atoms with Crippen molar-refractivity contribution in [3.05, 3.63) is 59.4 Å². The van der Waals surface area contributed by atoms with E-state index in [0.717, 1.165) is 12.0 Å². The lowest BCUT2D eigenvalue weighted by atomic mass is 10.1. The molecule has 1 saturated heterocycles. The molecule has 0 atom stereocenters. The van der Waals surface area contributed by atoms with Crippen molar-refractivity contribution in [2.45, 2.75) is 19.8 Å². The van der Waals surface area contributed by atoms with Crippen molar-refractivity contribution in [1.29, 1.82) is 0 Å². The molecule has 1 heterocycles. The van der Waals surface area contributed by atoms with Gasteiger partial charge in [0.15, 0.2) is 6.61 Å². The lowest BCUT2D eigenvalue weighted by Crippen LogP contribution is -2.27. The van der Waals surface area contributed by atoms with Crippen LogP contribution in [0.3, 0.4) is 0 Å². The third-order valence-electron chi connectivity index (χ3n) is 4.22. The molecule has 7 heteroatoms. The molecular formula is C20H19FN2O4. The van der Waals surface area contributed by atoms with Crippen LogP contribution in [0.5, 0.6) is 0 Å². The van der Waals surface area contributed by atoms with Gasteiger partial charge in [0.2, 0.25) is 5.91 Å². The highest BCUT2D eigenvalue weighted by Crippen LogP contribution is 2.26. The second-order valence-electron chi connectivity index (χ2n) is 6.27. The topological polar surface area (TPSA) is 75.7 Å². The summed E-state index contributed by atoms with van der Waals surface area (Å²) in [4.78, 5) is 37.8. The SMILES string of the molecule is Cc1ccc(NC(=O)COC(=O)c2ccccc2N2CCCC2=O)c(F)c1. The number of nitrogens with zero attached hydrogens (tertiary/aromatic N) is 1. The van der Waals surface area contributed by atoms with Crippen LogP contribution in [0.25, 0.3) is 0 Å². The van der Waals surface area contributed by atoms with Crippen molar-refractivity contribution in [2.75, 3.05) is 23.4 Å². The Balaban J connectivity index is 1.64. The van der Waals surface area contributed by atoms with E-state index in [1.54, 1.807) is 42.2 Å². The van der Waals surface area contributed by atoms with E-state index < -0.39 is 24.3 Å². The largest absolute Gasteiger partial charge is 0.452 e. The highest BCUT2D eigenvalue weighted by atomic mass is 19.1. The summed E-state index contributed by atoms with van der Waals surface area (Å²) in [6.45, 7) is 1.71. The van der Waals surface area contributed by atoms with E-state index in [2.05, 4.69) is 5.32 Å². The van der Waals surface area contributed by atoms with Crippen LogP contribution in [-0.2, 0) is 14.3 Å². The molecule has 2 amide bonds. The van der Waals surface area contributed by atoms with Gasteiger partial charge < -0.3 is 15.0 Å². The first kappa shape index (κ1) is 18.6. The highest BCUT2D eigenvalue weighted by Gasteiger charge is 2.26. The number of hydrogen-bond acceptors (Lipinski definition) is 4. The Kier molecular flexibility index (Phi) is 5.49. The van der Waals surface area contributed by atoms with Gasteiger partial charge in [0.1, 0.15) is 5.82 Å². The predicted octanol–water partition coefficient (Wildman–Crippen LogP) is 3.06.